The summed E-state index contributed by atoms with van der Waals surface area (Å²) in [5, 5.41) is 0. The minimum Gasteiger partial charge on any atom is -0.332 e. The first-order valence-electron chi connectivity index (χ1n) is 8.68. The van der Waals surface area contributed by atoms with E-state index in [1.54, 1.807) is 0 Å². The van der Waals surface area contributed by atoms with Gasteiger partial charge in [-0.1, -0.05) is 26.0 Å². The first kappa shape index (κ1) is 18.9. The summed E-state index contributed by atoms with van der Waals surface area (Å²) in [6, 6.07) is 4.48. The highest BCUT2D eigenvalue weighted by molar-refractivity contribution is 5.75. The van der Waals surface area contributed by atoms with E-state index in [0.717, 1.165) is 16.7 Å². The number of hydrogen-bond donors (Lipinski definition) is 1. The average Bonchev–Trinajstić information content (AvgIpc) is 3.07. The lowest BCUT2D eigenvalue weighted by Gasteiger charge is -2.09. The average molecular weight is 380 g/mol. The predicted molar refractivity (Wildman–Crippen MR) is 95.6 cm³/mol. The third-order valence-corrected chi connectivity index (χ3v) is 4.24. The van der Waals surface area contributed by atoms with Crippen LogP contribution in [0.25, 0.3) is 22.6 Å². The number of aromatic amines is 1. The molecule has 0 saturated heterocycles. The maximum absolute atomic E-state index is 12.7. The lowest BCUT2D eigenvalue weighted by Crippen LogP contribution is -2.40. The quantitative estimate of drug-likeness (QED) is 0.737. The molecule has 3 aromatic rings. The zero-order valence-electron chi connectivity index (χ0n) is 14.9. The van der Waals surface area contributed by atoms with Crippen molar-refractivity contribution in [3.8, 4) is 11.4 Å². The Morgan fingerprint density at radius 3 is 2.15 bits per heavy atom. The summed E-state index contributed by atoms with van der Waals surface area (Å²) in [6.07, 6.45) is -3.14. The van der Waals surface area contributed by atoms with E-state index in [4.69, 9.17) is 0 Å². The van der Waals surface area contributed by atoms with E-state index in [9.17, 15) is 22.8 Å². The van der Waals surface area contributed by atoms with E-state index in [2.05, 4.69) is 9.97 Å². The van der Waals surface area contributed by atoms with Crippen molar-refractivity contribution >= 4 is 11.2 Å². The molecule has 0 radical (unpaired) electrons. The molecule has 27 heavy (non-hydrogen) atoms. The van der Waals surface area contributed by atoms with Gasteiger partial charge in [0.05, 0.1) is 5.56 Å². The smallest absolute Gasteiger partial charge is 0.332 e. The van der Waals surface area contributed by atoms with Crippen LogP contribution < -0.4 is 11.2 Å². The maximum atomic E-state index is 12.7. The van der Waals surface area contributed by atoms with Gasteiger partial charge in [-0.05, 0) is 25.0 Å². The molecule has 0 unspecified atom stereocenters. The number of nitrogens with zero attached hydrogens (tertiary/aromatic N) is 3. The van der Waals surface area contributed by atoms with Gasteiger partial charge in [0, 0.05) is 18.7 Å². The monoisotopic (exact) mass is 380 g/mol. The number of aromatic nitrogens is 4. The van der Waals surface area contributed by atoms with Crippen molar-refractivity contribution in [2.75, 3.05) is 0 Å². The Balaban J connectivity index is 2.19. The van der Waals surface area contributed by atoms with E-state index < -0.39 is 23.0 Å². The van der Waals surface area contributed by atoms with Gasteiger partial charge >= 0.3 is 11.9 Å². The van der Waals surface area contributed by atoms with Crippen molar-refractivity contribution in [2.24, 2.45) is 0 Å². The van der Waals surface area contributed by atoms with Gasteiger partial charge in [0.1, 0.15) is 11.3 Å². The maximum Gasteiger partial charge on any atom is 0.416 e. The molecule has 0 atom stereocenters. The van der Waals surface area contributed by atoms with Crippen molar-refractivity contribution in [1.82, 2.24) is 19.1 Å². The third-order valence-electron chi connectivity index (χ3n) is 4.24. The molecule has 0 bridgehead atoms. The number of benzene rings is 1. The fourth-order valence-corrected chi connectivity index (χ4v) is 2.97. The fraction of sp³-hybridized carbons (Fsp3) is 0.389. The molecule has 0 saturated carbocycles. The molecule has 0 spiro atoms. The van der Waals surface area contributed by atoms with Crippen molar-refractivity contribution in [3.05, 3.63) is 50.7 Å². The van der Waals surface area contributed by atoms with Crippen LogP contribution in [0, 0.1) is 0 Å². The lowest BCUT2D eigenvalue weighted by molar-refractivity contribution is -0.137. The fourth-order valence-electron chi connectivity index (χ4n) is 2.97. The predicted octanol–water partition coefficient (Wildman–Crippen LogP) is 3.39. The number of rotatable bonds is 5. The van der Waals surface area contributed by atoms with Crippen LogP contribution in [0.15, 0.2) is 33.9 Å². The van der Waals surface area contributed by atoms with Gasteiger partial charge in [0.15, 0.2) is 5.65 Å². The third kappa shape index (κ3) is 3.41. The standard InChI is InChI=1S/C18H19F3N4O2/c1-3-9-24-15-13(16(26)25(10-4-2)17(24)27)22-14(23-15)11-5-7-12(8-6-11)18(19,20)21/h5-8H,3-4,9-10H2,1-2H3,(H,22,23). The second kappa shape index (κ2) is 7.05. The van der Waals surface area contributed by atoms with Gasteiger partial charge in [0.25, 0.3) is 5.56 Å². The highest BCUT2D eigenvalue weighted by Gasteiger charge is 2.30. The van der Waals surface area contributed by atoms with Crippen LogP contribution in [0.3, 0.4) is 0 Å². The summed E-state index contributed by atoms with van der Waals surface area (Å²) < 4.78 is 40.8. The van der Waals surface area contributed by atoms with Crippen LogP contribution in [0.2, 0.25) is 0 Å². The van der Waals surface area contributed by atoms with Gasteiger partial charge < -0.3 is 4.98 Å². The van der Waals surface area contributed by atoms with E-state index in [-0.39, 0.29) is 23.5 Å². The molecule has 0 aliphatic heterocycles. The Hall–Kier alpha value is -2.84. The molecule has 0 amide bonds. The summed E-state index contributed by atoms with van der Waals surface area (Å²) in [7, 11) is 0. The molecule has 144 valence electrons. The summed E-state index contributed by atoms with van der Waals surface area (Å²) in [5.41, 5.74) is -0.885. The minimum atomic E-state index is -4.43. The molecule has 2 heterocycles. The van der Waals surface area contributed by atoms with Crippen molar-refractivity contribution < 1.29 is 13.2 Å². The molecule has 3 rings (SSSR count). The van der Waals surface area contributed by atoms with Crippen molar-refractivity contribution in [2.45, 2.75) is 46.0 Å². The number of nitrogens with one attached hydrogen (secondary N) is 1. The van der Waals surface area contributed by atoms with Crippen LogP contribution in [-0.2, 0) is 19.3 Å². The number of fused-ring (bicyclic) bond motifs is 1. The van der Waals surface area contributed by atoms with Crippen LogP contribution in [-0.4, -0.2) is 19.1 Å². The Morgan fingerprint density at radius 1 is 1.00 bits per heavy atom. The Kier molecular flexibility index (Phi) is 4.95. The van der Waals surface area contributed by atoms with E-state index in [0.29, 0.717) is 24.9 Å². The Labute approximate surface area is 152 Å². The minimum absolute atomic E-state index is 0.173. The highest BCUT2D eigenvalue weighted by atomic mass is 19.4. The number of imidazole rings is 1. The van der Waals surface area contributed by atoms with Gasteiger partial charge in [-0.25, -0.2) is 9.78 Å². The molecule has 0 aliphatic rings. The first-order valence-corrected chi connectivity index (χ1v) is 8.68. The number of H-pyrrole nitrogens is 1. The molecule has 0 fully saturated rings. The largest absolute Gasteiger partial charge is 0.416 e. The molecule has 1 aromatic carbocycles. The van der Waals surface area contributed by atoms with Crippen molar-refractivity contribution in [3.63, 3.8) is 0 Å². The van der Waals surface area contributed by atoms with E-state index >= 15 is 0 Å². The van der Waals surface area contributed by atoms with Crippen LogP contribution in [0.1, 0.15) is 32.3 Å². The number of aryl methyl sites for hydroxylation is 1. The zero-order chi connectivity index (χ0) is 19.8. The van der Waals surface area contributed by atoms with Crippen LogP contribution in [0.4, 0.5) is 13.2 Å². The lowest BCUT2D eigenvalue weighted by atomic mass is 10.1. The zero-order valence-corrected chi connectivity index (χ0v) is 14.9. The second-order valence-corrected chi connectivity index (χ2v) is 6.25. The van der Waals surface area contributed by atoms with Gasteiger partial charge in [-0.15, -0.1) is 0 Å². The molecule has 2 aromatic heterocycles. The normalized spacial score (nSPS) is 12.0. The van der Waals surface area contributed by atoms with Gasteiger partial charge in [0.2, 0.25) is 0 Å². The topological polar surface area (TPSA) is 72.7 Å². The van der Waals surface area contributed by atoms with E-state index in [1.165, 1.54) is 16.7 Å². The Morgan fingerprint density at radius 2 is 1.59 bits per heavy atom. The number of hydrogen-bond acceptors (Lipinski definition) is 3. The van der Waals surface area contributed by atoms with Gasteiger partial charge in [-0.2, -0.15) is 13.2 Å². The molecule has 1 N–H and O–H groups in total. The molecule has 0 aliphatic carbocycles. The van der Waals surface area contributed by atoms with Crippen LogP contribution in [0.5, 0.6) is 0 Å². The summed E-state index contributed by atoms with van der Waals surface area (Å²) in [5.74, 6) is 0.245. The van der Waals surface area contributed by atoms with E-state index in [1.807, 2.05) is 13.8 Å². The SMILES string of the molecule is CCCn1c(=O)c2[nH]c(-c3ccc(C(F)(F)F)cc3)nc2n(CCC)c1=O. The molecular weight excluding hydrogens is 361 g/mol. The Bertz CT molecular complexity index is 1080. The first-order chi connectivity index (χ1) is 12.8. The summed E-state index contributed by atoms with van der Waals surface area (Å²) in [6.45, 7) is 4.43. The summed E-state index contributed by atoms with van der Waals surface area (Å²) >= 11 is 0. The van der Waals surface area contributed by atoms with Crippen molar-refractivity contribution in [1.29, 1.82) is 0 Å². The molecule has 6 nitrogen and oxygen atoms in total. The molecular formula is C18H19F3N4O2. The number of alkyl halides is 3. The highest BCUT2D eigenvalue weighted by Crippen LogP contribution is 2.30. The molecule has 9 heteroatoms. The summed E-state index contributed by atoms with van der Waals surface area (Å²) in [4.78, 5) is 32.5. The second-order valence-electron chi connectivity index (χ2n) is 6.25. The number of halogens is 3. The van der Waals surface area contributed by atoms with Crippen LogP contribution >= 0.6 is 0 Å². The van der Waals surface area contributed by atoms with Gasteiger partial charge in [-0.3, -0.25) is 13.9 Å².